The van der Waals surface area contributed by atoms with Crippen molar-refractivity contribution in [2.75, 3.05) is 19.3 Å². The molecule has 1 aliphatic rings. The summed E-state index contributed by atoms with van der Waals surface area (Å²) in [6.45, 7) is 5.24. The van der Waals surface area contributed by atoms with Gasteiger partial charge in [-0.2, -0.15) is 8.42 Å². The van der Waals surface area contributed by atoms with Gasteiger partial charge in [-0.1, -0.05) is 35.3 Å². The number of carbonyl (C=O) groups is 1. The predicted octanol–water partition coefficient (Wildman–Crippen LogP) is 3.42. The second-order valence-corrected chi connectivity index (χ2v) is 9.08. The molecule has 0 saturated carbocycles. The number of ether oxygens (including phenoxy) is 1. The van der Waals surface area contributed by atoms with Crippen LogP contribution >= 0.6 is 23.2 Å². The van der Waals surface area contributed by atoms with Gasteiger partial charge in [-0.05, 0) is 26.8 Å². The number of hydrogen-bond donors (Lipinski definition) is 0. The Morgan fingerprint density at radius 2 is 1.83 bits per heavy atom. The highest BCUT2D eigenvalue weighted by molar-refractivity contribution is 7.86. The van der Waals surface area contributed by atoms with E-state index in [1.807, 2.05) is 0 Å². The number of carbonyl (C=O) groups excluding carboxylic acids is 1. The van der Waals surface area contributed by atoms with E-state index in [0.717, 1.165) is 6.26 Å². The monoisotopic (exact) mass is 395 g/mol. The minimum atomic E-state index is -3.79. The quantitative estimate of drug-likeness (QED) is 0.733. The van der Waals surface area contributed by atoms with Gasteiger partial charge in [-0.15, -0.1) is 0 Å². The van der Waals surface area contributed by atoms with Crippen molar-refractivity contribution < 1.29 is 22.1 Å². The lowest BCUT2D eigenvalue weighted by atomic mass is 9.86. The standard InChI is InChI=1S/C15H19Cl2NO5S/c1-14(2,3)22-13(19)18-8-15(9-18,23-24(4,20)21)10-6-5-7-11(16)12(10)17/h5-7H,8-9H2,1-4H3. The average molecular weight is 396 g/mol. The molecule has 1 aromatic rings. The molecule has 9 heteroatoms. The molecule has 0 spiro atoms. The lowest BCUT2D eigenvalue weighted by molar-refractivity contribution is -0.0827. The van der Waals surface area contributed by atoms with Gasteiger partial charge in [0.2, 0.25) is 0 Å². The zero-order chi connectivity index (χ0) is 18.3. The molecule has 0 unspecified atom stereocenters. The average Bonchev–Trinajstić information content (AvgIpc) is 2.33. The summed E-state index contributed by atoms with van der Waals surface area (Å²) < 4.78 is 33.9. The second-order valence-electron chi connectivity index (χ2n) is 6.72. The number of amides is 1. The number of rotatable bonds is 3. The first-order valence-electron chi connectivity index (χ1n) is 7.16. The molecular formula is C15H19Cl2NO5S. The third-order valence-electron chi connectivity index (χ3n) is 3.30. The third-order valence-corrected chi connectivity index (χ3v) is 4.74. The molecule has 0 radical (unpaired) electrons. The van der Waals surface area contributed by atoms with E-state index < -0.39 is 27.4 Å². The molecule has 1 saturated heterocycles. The van der Waals surface area contributed by atoms with Crippen LogP contribution in [0.25, 0.3) is 0 Å². The van der Waals surface area contributed by atoms with Crippen LogP contribution in [-0.2, 0) is 24.6 Å². The normalized spacial score (nSPS) is 17.3. The third kappa shape index (κ3) is 4.33. The van der Waals surface area contributed by atoms with Crippen LogP contribution in [0, 0.1) is 0 Å². The lowest BCUT2D eigenvalue weighted by Crippen LogP contribution is -2.63. The van der Waals surface area contributed by atoms with Crippen LogP contribution in [0.5, 0.6) is 0 Å². The molecular weight excluding hydrogens is 377 g/mol. The minimum Gasteiger partial charge on any atom is -0.444 e. The van der Waals surface area contributed by atoms with Gasteiger partial charge in [-0.25, -0.2) is 4.79 Å². The molecule has 1 amide bonds. The highest BCUT2D eigenvalue weighted by atomic mass is 35.5. The molecule has 1 aromatic carbocycles. The summed E-state index contributed by atoms with van der Waals surface area (Å²) >= 11 is 12.2. The van der Waals surface area contributed by atoms with E-state index in [9.17, 15) is 13.2 Å². The van der Waals surface area contributed by atoms with Crippen molar-refractivity contribution in [2.45, 2.75) is 32.0 Å². The predicted molar refractivity (Wildman–Crippen MR) is 91.9 cm³/mol. The molecule has 2 rings (SSSR count). The Hall–Kier alpha value is -1.02. The first-order chi connectivity index (χ1) is 10.8. The molecule has 1 fully saturated rings. The Bertz CT molecular complexity index is 752. The number of likely N-dealkylation sites (tertiary alicyclic amines) is 1. The molecule has 1 aliphatic heterocycles. The fraction of sp³-hybridized carbons (Fsp3) is 0.533. The Morgan fingerprint density at radius 3 is 2.33 bits per heavy atom. The van der Waals surface area contributed by atoms with Crippen molar-refractivity contribution >= 4 is 39.4 Å². The SMILES string of the molecule is CC(C)(C)OC(=O)N1CC(OS(C)(=O)=O)(c2cccc(Cl)c2Cl)C1. The maximum Gasteiger partial charge on any atom is 0.410 e. The summed E-state index contributed by atoms with van der Waals surface area (Å²) in [4.78, 5) is 13.5. The van der Waals surface area contributed by atoms with Crippen molar-refractivity contribution in [2.24, 2.45) is 0 Å². The van der Waals surface area contributed by atoms with Gasteiger partial charge in [0.15, 0.2) is 0 Å². The highest BCUT2D eigenvalue weighted by Crippen LogP contribution is 2.43. The van der Waals surface area contributed by atoms with Crippen molar-refractivity contribution in [3.05, 3.63) is 33.8 Å². The molecule has 6 nitrogen and oxygen atoms in total. The van der Waals surface area contributed by atoms with E-state index >= 15 is 0 Å². The summed E-state index contributed by atoms with van der Waals surface area (Å²) in [6.07, 6.45) is 0.400. The van der Waals surface area contributed by atoms with Crippen molar-refractivity contribution in [1.82, 2.24) is 4.90 Å². The maximum absolute atomic E-state index is 12.1. The van der Waals surface area contributed by atoms with Crippen LogP contribution in [0.2, 0.25) is 10.0 Å². The number of benzene rings is 1. The molecule has 0 aliphatic carbocycles. The Balaban J connectivity index is 2.30. The van der Waals surface area contributed by atoms with Gasteiger partial charge in [0.1, 0.15) is 11.2 Å². The van der Waals surface area contributed by atoms with Crippen molar-refractivity contribution in [3.8, 4) is 0 Å². The van der Waals surface area contributed by atoms with Crippen LogP contribution < -0.4 is 0 Å². The summed E-state index contributed by atoms with van der Waals surface area (Å²) in [7, 11) is -3.79. The minimum absolute atomic E-state index is 0.00492. The Kier molecular flexibility index (Phi) is 5.12. The zero-order valence-electron chi connectivity index (χ0n) is 13.8. The van der Waals surface area contributed by atoms with Crippen LogP contribution in [-0.4, -0.2) is 44.4 Å². The molecule has 0 atom stereocenters. The van der Waals surface area contributed by atoms with Crippen molar-refractivity contribution in [1.29, 1.82) is 0 Å². The summed E-state index contributed by atoms with van der Waals surface area (Å²) in [5, 5.41) is 0.480. The van der Waals surface area contributed by atoms with Gasteiger partial charge < -0.3 is 9.64 Å². The fourth-order valence-electron chi connectivity index (χ4n) is 2.44. The highest BCUT2D eigenvalue weighted by Gasteiger charge is 2.52. The fourth-order valence-corrected chi connectivity index (χ4v) is 3.69. The summed E-state index contributed by atoms with van der Waals surface area (Å²) in [5.74, 6) is 0. The van der Waals surface area contributed by atoms with Gasteiger partial charge in [0.25, 0.3) is 10.1 Å². The zero-order valence-corrected chi connectivity index (χ0v) is 16.1. The summed E-state index contributed by atoms with van der Waals surface area (Å²) in [6, 6.07) is 4.87. The number of hydrogen-bond acceptors (Lipinski definition) is 5. The first-order valence-corrected chi connectivity index (χ1v) is 9.73. The van der Waals surface area contributed by atoms with E-state index in [1.165, 1.54) is 4.90 Å². The number of halogens is 2. The van der Waals surface area contributed by atoms with Gasteiger partial charge >= 0.3 is 6.09 Å². The van der Waals surface area contributed by atoms with Crippen LogP contribution in [0.15, 0.2) is 18.2 Å². The smallest absolute Gasteiger partial charge is 0.410 e. The van der Waals surface area contributed by atoms with Crippen LogP contribution in [0.3, 0.4) is 0 Å². The summed E-state index contributed by atoms with van der Waals surface area (Å²) in [5.41, 5.74) is -1.50. The lowest BCUT2D eigenvalue weighted by Gasteiger charge is -2.48. The van der Waals surface area contributed by atoms with E-state index in [-0.39, 0.29) is 23.1 Å². The van der Waals surface area contributed by atoms with Crippen LogP contribution in [0.1, 0.15) is 26.3 Å². The maximum atomic E-state index is 12.1. The first kappa shape index (κ1) is 19.3. The molecule has 0 aromatic heterocycles. The van der Waals surface area contributed by atoms with E-state index in [0.29, 0.717) is 5.56 Å². The van der Waals surface area contributed by atoms with E-state index in [4.69, 9.17) is 32.1 Å². The van der Waals surface area contributed by atoms with Gasteiger partial charge in [0, 0.05) is 5.56 Å². The number of nitrogens with zero attached hydrogens (tertiary/aromatic N) is 1. The molecule has 0 N–H and O–H groups in total. The van der Waals surface area contributed by atoms with Gasteiger partial charge in [0.05, 0.1) is 29.4 Å². The molecule has 1 heterocycles. The topological polar surface area (TPSA) is 72.9 Å². The molecule has 134 valence electrons. The van der Waals surface area contributed by atoms with Gasteiger partial charge in [-0.3, -0.25) is 4.18 Å². The second kappa shape index (κ2) is 6.37. The largest absolute Gasteiger partial charge is 0.444 e. The molecule has 0 bridgehead atoms. The van der Waals surface area contributed by atoms with E-state index in [1.54, 1.807) is 39.0 Å². The van der Waals surface area contributed by atoms with E-state index in [2.05, 4.69) is 0 Å². The Labute approximate surface area is 151 Å². The van der Waals surface area contributed by atoms with Crippen molar-refractivity contribution in [3.63, 3.8) is 0 Å². The molecule has 24 heavy (non-hydrogen) atoms. The van der Waals surface area contributed by atoms with Crippen LogP contribution in [0.4, 0.5) is 4.79 Å². The Morgan fingerprint density at radius 1 is 1.25 bits per heavy atom.